The lowest BCUT2D eigenvalue weighted by molar-refractivity contribution is -0.137. The molecule has 0 saturated carbocycles. The normalized spacial score (nSPS) is 20.4. The minimum atomic E-state index is -5.30. The van der Waals surface area contributed by atoms with E-state index in [1.54, 1.807) is 0 Å². The Morgan fingerprint density at radius 1 is 1.00 bits per heavy atom. The highest BCUT2D eigenvalue weighted by Crippen LogP contribution is 2.43. The predicted octanol–water partition coefficient (Wildman–Crippen LogP) is 6.02. The van der Waals surface area contributed by atoms with Crippen molar-refractivity contribution in [1.29, 1.82) is 0 Å². The van der Waals surface area contributed by atoms with Crippen LogP contribution in [-0.2, 0) is 6.18 Å². The standard InChI is InChI=1S/C18H12Cl2F9N5/c1-2-3-4-30-14-10-12(17(24,25)26)31-15(18(27,28)29)32-13(10)33-34(14)11-8(19)5-7(6-9(11)20)16(21,22)23/h2,5-6,13,33H,1,3-4H2,(H,31,32). The molecule has 2 heterocycles. The van der Waals surface area contributed by atoms with Gasteiger partial charge < -0.3 is 5.32 Å². The summed E-state index contributed by atoms with van der Waals surface area (Å²) in [4.78, 5) is 7.23. The molecule has 0 spiro atoms. The van der Waals surface area contributed by atoms with Gasteiger partial charge in [-0.05, 0) is 18.6 Å². The van der Waals surface area contributed by atoms with Crippen molar-refractivity contribution in [2.75, 3.05) is 11.6 Å². The lowest BCUT2D eigenvalue weighted by Crippen LogP contribution is -2.47. The van der Waals surface area contributed by atoms with E-state index in [4.69, 9.17) is 23.2 Å². The molecule has 1 aromatic carbocycles. The number of rotatable bonds is 4. The Kier molecular flexibility index (Phi) is 6.90. The third-order valence-corrected chi connectivity index (χ3v) is 5.04. The molecule has 0 bridgehead atoms. The fourth-order valence-electron chi connectivity index (χ4n) is 3.08. The molecule has 0 amide bonds. The van der Waals surface area contributed by atoms with Crippen LogP contribution in [0.15, 0.2) is 46.0 Å². The van der Waals surface area contributed by atoms with E-state index in [2.05, 4.69) is 22.0 Å². The zero-order chi connectivity index (χ0) is 25.6. The van der Waals surface area contributed by atoms with Crippen LogP contribution < -0.4 is 15.8 Å². The average Bonchev–Trinajstić information content (AvgIpc) is 3.03. The number of fused-ring (bicyclic) bond motifs is 1. The van der Waals surface area contributed by atoms with Gasteiger partial charge in [-0.1, -0.05) is 29.3 Å². The molecule has 1 atom stereocenters. The van der Waals surface area contributed by atoms with Gasteiger partial charge in [0.1, 0.15) is 11.9 Å². The second kappa shape index (κ2) is 8.96. The van der Waals surface area contributed by atoms with E-state index < -0.39 is 68.9 Å². The monoisotopic (exact) mass is 539 g/mol. The largest absolute Gasteiger partial charge is 0.449 e. The number of anilines is 1. The first-order valence-electron chi connectivity index (χ1n) is 9.07. The number of alkyl halides is 9. The summed E-state index contributed by atoms with van der Waals surface area (Å²) in [5.74, 6) is -2.52. The molecule has 1 saturated heterocycles. The van der Waals surface area contributed by atoms with Crippen molar-refractivity contribution in [1.82, 2.24) is 10.7 Å². The maximum Gasteiger partial charge on any atom is 0.449 e. The predicted molar refractivity (Wildman–Crippen MR) is 108 cm³/mol. The van der Waals surface area contributed by atoms with Crippen molar-refractivity contribution in [2.45, 2.75) is 31.1 Å². The van der Waals surface area contributed by atoms with Crippen LogP contribution in [0.3, 0.4) is 0 Å². The van der Waals surface area contributed by atoms with Crippen molar-refractivity contribution < 1.29 is 39.5 Å². The first kappa shape index (κ1) is 26.2. The van der Waals surface area contributed by atoms with Crippen LogP contribution in [-0.4, -0.2) is 36.7 Å². The topological polar surface area (TPSA) is 52.0 Å². The molecule has 2 aliphatic heterocycles. The maximum atomic E-state index is 13.7. The summed E-state index contributed by atoms with van der Waals surface area (Å²) in [5.41, 5.74) is -2.06. The van der Waals surface area contributed by atoms with Gasteiger partial charge in [0.25, 0.3) is 0 Å². The molecule has 3 rings (SSSR count). The van der Waals surface area contributed by atoms with E-state index in [-0.39, 0.29) is 13.0 Å². The zero-order valence-corrected chi connectivity index (χ0v) is 17.9. The van der Waals surface area contributed by atoms with Gasteiger partial charge in [-0.3, -0.25) is 10.0 Å². The molecular formula is C18H12Cl2F9N5. The third kappa shape index (κ3) is 5.13. The highest BCUT2D eigenvalue weighted by Gasteiger charge is 2.52. The molecule has 1 fully saturated rings. The number of allylic oxidation sites excluding steroid dienone is 1. The maximum absolute atomic E-state index is 13.7. The molecule has 2 aliphatic rings. The minimum Gasteiger partial charge on any atom is -0.332 e. The molecule has 34 heavy (non-hydrogen) atoms. The molecular weight excluding hydrogens is 528 g/mol. The molecule has 1 unspecified atom stereocenters. The van der Waals surface area contributed by atoms with Crippen LogP contribution in [0.1, 0.15) is 12.0 Å². The molecule has 5 nitrogen and oxygen atoms in total. The zero-order valence-electron chi connectivity index (χ0n) is 16.4. The lowest BCUT2D eigenvalue weighted by atomic mass is 10.1. The Balaban J connectivity index is 2.23. The van der Waals surface area contributed by atoms with Crippen LogP contribution >= 0.6 is 23.2 Å². The highest BCUT2D eigenvalue weighted by molar-refractivity contribution is 6.40. The summed E-state index contributed by atoms with van der Waals surface area (Å²) < 4.78 is 120. The average molecular weight is 540 g/mol. The molecule has 16 heteroatoms. The number of benzene rings is 1. The van der Waals surface area contributed by atoms with Gasteiger partial charge in [-0.25, -0.2) is 4.99 Å². The van der Waals surface area contributed by atoms with Crippen molar-refractivity contribution in [3.8, 4) is 0 Å². The number of nitrogens with one attached hydrogen (secondary N) is 2. The van der Waals surface area contributed by atoms with Gasteiger partial charge in [0, 0.05) is 6.54 Å². The molecule has 0 aromatic heterocycles. The molecule has 1 aromatic rings. The van der Waals surface area contributed by atoms with Crippen molar-refractivity contribution in [2.24, 2.45) is 9.98 Å². The number of amidine groups is 2. The van der Waals surface area contributed by atoms with Gasteiger partial charge in [0.15, 0.2) is 5.84 Å². The van der Waals surface area contributed by atoms with E-state index in [0.29, 0.717) is 17.1 Å². The van der Waals surface area contributed by atoms with Crippen molar-refractivity contribution in [3.63, 3.8) is 0 Å². The molecule has 186 valence electrons. The van der Waals surface area contributed by atoms with Gasteiger partial charge in [0.2, 0.25) is 5.84 Å². The van der Waals surface area contributed by atoms with Crippen molar-refractivity contribution >= 4 is 40.6 Å². The second-order valence-corrected chi connectivity index (χ2v) is 7.64. The SMILES string of the molecule is C=CCCN=C1C2=C(C(F)(F)F)NC(C(F)(F)F)=NC2NN1c1c(Cl)cc(C(F)(F)F)cc1Cl. The number of aliphatic imine (C=N–C) groups is 2. The van der Waals surface area contributed by atoms with Crippen LogP contribution in [0.2, 0.25) is 10.0 Å². The van der Waals surface area contributed by atoms with E-state index in [1.165, 1.54) is 11.4 Å². The van der Waals surface area contributed by atoms with E-state index >= 15 is 0 Å². The first-order valence-corrected chi connectivity index (χ1v) is 9.83. The number of hydrogen-bond donors (Lipinski definition) is 2. The van der Waals surface area contributed by atoms with Crippen LogP contribution in [0.5, 0.6) is 0 Å². The van der Waals surface area contributed by atoms with Crippen LogP contribution in [0.25, 0.3) is 0 Å². The molecule has 0 aliphatic carbocycles. The van der Waals surface area contributed by atoms with Gasteiger partial charge >= 0.3 is 18.5 Å². The first-order chi connectivity index (χ1) is 15.6. The van der Waals surface area contributed by atoms with Gasteiger partial charge in [0.05, 0.1) is 26.9 Å². The number of halogens is 11. The second-order valence-electron chi connectivity index (χ2n) is 6.82. The Hall–Kier alpha value is -2.45. The van der Waals surface area contributed by atoms with Crippen LogP contribution in [0.4, 0.5) is 45.2 Å². The Morgan fingerprint density at radius 3 is 2.06 bits per heavy atom. The van der Waals surface area contributed by atoms with Gasteiger partial charge in [-0.2, -0.15) is 44.9 Å². The van der Waals surface area contributed by atoms with Crippen LogP contribution in [0, 0.1) is 0 Å². The summed E-state index contributed by atoms with van der Waals surface area (Å²) in [7, 11) is 0. The molecule has 2 N–H and O–H groups in total. The highest BCUT2D eigenvalue weighted by atomic mass is 35.5. The quantitative estimate of drug-likeness (QED) is 0.279. The lowest BCUT2D eigenvalue weighted by Gasteiger charge is -2.25. The smallest absolute Gasteiger partial charge is 0.332 e. The Morgan fingerprint density at radius 2 is 1.59 bits per heavy atom. The minimum absolute atomic E-state index is 0.162. The number of nitrogens with zero attached hydrogens (tertiary/aromatic N) is 3. The van der Waals surface area contributed by atoms with E-state index in [1.807, 2.05) is 0 Å². The summed E-state index contributed by atoms with van der Waals surface area (Å²) in [6.07, 6.45) is -15.8. The third-order valence-electron chi connectivity index (χ3n) is 4.46. The Bertz CT molecular complexity index is 1060. The Labute approximate surface area is 195 Å². The van der Waals surface area contributed by atoms with E-state index in [0.717, 1.165) is 0 Å². The molecule has 0 radical (unpaired) electrons. The fourth-order valence-corrected chi connectivity index (χ4v) is 3.73. The number of hydrazine groups is 1. The fraction of sp³-hybridized carbons (Fsp3) is 0.333. The van der Waals surface area contributed by atoms with Crippen molar-refractivity contribution in [3.05, 3.63) is 51.7 Å². The van der Waals surface area contributed by atoms with E-state index in [9.17, 15) is 39.5 Å². The number of hydrogen-bond acceptors (Lipinski definition) is 4. The summed E-state index contributed by atoms with van der Waals surface area (Å²) in [5, 5.41) is 0.640. The summed E-state index contributed by atoms with van der Waals surface area (Å²) >= 11 is 11.9. The van der Waals surface area contributed by atoms with Gasteiger partial charge in [-0.15, -0.1) is 6.58 Å². The summed E-state index contributed by atoms with van der Waals surface area (Å²) in [6, 6.07) is 0.936. The summed E-state index contributed by atoms with van der Waals surface area (Å²) in [6.45, 7) is 3.27.